The molecule has 0 saturated carbocycles. The summed E-state index contributed by atoms with van der Waals surface area (Å²) < 4.78 is 7.43. The van der Waals surface area contributed by atoms with E-state index in [1.165, 1.54) is 0 Å². The van der Waals surface area contributed by atoms with Crippen LogP contribution in [0, 0.1) is 0 Å². The minimum absolute atomic E-state index is 0.257. The van der Waals surface area contributed by atoms with Gasteiger partial charge in [0.15, 0.2) is 0 Å². The lowest BCUT2D eigenvalue weighted by atomic mass is 10.0. The van der Waals surface area contributed by atoms with Gasteiger partial charge >= 0.3 is 0 Å². The zero-order chi connectivity index (χ0) is 19.1. The van der Waals surface area contributed by atoms with Gasteiger partial charge in [0.2, 0.25) is 0 Å². The molecule has 1 N–H and O–H groups in total. The SMILES string of the molecule is CC1COCCN1c1cc(-c2cnn(C)c2)c2ccnc(-c3ccn[nH]3)c2n1. The lowest BCUT2D eigenvalue weighted by molar-refractivity contribution is 0.0986. The average molecular weight is 375 g/mol. The van der Waals surface area contributed by atoms with Crippen molar-refractivity contribution in [2.24, 2.45) is 7.05 Å². The van der Waals surface area contributed by atoms with Crippen LogP contribution in [0.25, 0.3) is 33.4 Å². The molecule has 0 spiro atoms. The average Bonchev–Trinajstić information content (AvgIpc) is 3.39. The molecule has 1 fully saturated rings. The standard InChI is InChI=1S/C20H21N7O/c1-13-12-28-8-7-27(13)18-9-16(14-10-23-26(2)11-14)15-3-5-21-20(19(15)24-18)17-4-6-22-25-17/h3-6,9-11,13H,7-8,12H2,1-2H3,(H,22,25). The number of aryl methyl sites for hydroxylation is 1. The number of aromatic nitrogens is 6. The topological polar surface area (TPSA) is 84.8 Å². The second-order valence-electron chi connectivity index (χ2n) is 7.07. The van der Waals surface area contributed by atoms with Crippen LogP contribution in [-0.4, -0.2) is 55.7 Å². The molecule has 4 aromatic rings. The first-order valence-electron chi connectivity index (χ1n) is 9.33. The van der Waals surface area contributed by atoms with Gasteiger partial charge in [0.1, 0.15) is 17.0 Å². The molecule has 1 atom stereocenters. The summed E-state index contributed by atoms with van der Waals surface area (Å²) in [5.74, 6) is 0.927. The molecule has 0 radical (unpaired) electrons. The Morgan fingerprint density at radius 1 is 1.25 bits per heavy atom. The monoisotopic (exact) mass is 375 g/mol. The van der Waals surface area contributed by atoms with Gasteiger partial charge in [-0.1, -0.05) is 0 Å². The minimum atomic E-state index is 0.257. The van der Waals surface area contributed by atoms with Crippen molar-refractivity contribution in [1.82, 2.24) is 29.9 Å². The number of H-pyrrole nitrogens is 1. The number of hydrogen-bond acceptors (Lipinski definition) is 6. The van der Waals surface area contributed by atoms with Gasteiger partial charge < -0.3 is 9.64 Å². The molecule has 0 aliphatic carbocycles. The predicted octanol–water partition coefficient (Wildman–Crippen LogP) is 2.65. The molecule has 8 nitrogen and oxygen atoms in total. The number of hydrogen-bond donors (Lipinski definition) is 1. The van der Waals surface area contributed by atoms with Gasteiger partial charge in [0.05, 0.1) is 31.1 Å². The Kier molecular flexibility index (Phi) is 4.05. The Balaban J connectivity index is 1.78. The normalized spacial score (nSPS) is 17.4. The fourth-order valence-corrected chi connectivity index (χ4v) is 3.74. The molecule has 4 aromatic heterocycles. The highest BCUT2D eigenvalue weighted by Gasteiger charge is 2.23. The molecule has 0 aromatic carbocycles. The number of nitrogens with one attached hydrogen (secondary N) is 1. The third kappa shape index (κ3) is 2.82. The van der Waals surface area contributed by atoms with E-state index in [0.717, 1.165) is 45.8 Å². The number of rotatable bonds is 3. The number of aromatic amines is 1. The van der Waals surface area contributed by atoms with Crippen molar-refractivity contribution < 1.29 is 4.74 Å². The maximum absolute atomic E-state index is 5.61. The van der Waals surface area contributed by atoms with E-state index in [2.05, 4.69) is 38.2 Å². The first-order chi connectivity index (χ1) is 13.7. The third-order valence-corrected chi connectivity index (χ3v) is 5.15. The molecule has 5 rings (SSSR count). The number of morpholine rings is 1. The Bertz CT molecular complexity index is 1120. The quantitative estimate of drug-likeness (QED) is 0.593. The van der Waals surface area contributed by atoms with Gasteiger partial charge in [0.25, 0.3) is 0 Å². The van der Waals surface area contributed by atoms with Crippen LogP contribution in [-0.2, 0) is 11.8 Å². The number of pyridine rings is 2. The molecule has 142 valence electrons. The summed E-state index contributed by atoms with van der Waals surface area (Å²) >= 11 is 0. The largest absolute Gasteiger partial charge is 0.377 e. The molecule has 1 unspecified atom stereocenters. The summed E-state index contributed by atoms with van der Waals surface area (Å²) in [7, 11) is 1.93. The zero-order valence-corrected chi connectivity index (χ0v) is 15.8. The van der Waals surface area contributed by atoms with Crippen molar-refractivity contribution in [3.63, 3.8) is 0 Å². The Hall–Kier alpha value is -3.26. The van der Waals surface area contributed by atoms with Crippen molar-refractivity contribution in [2.75, 3.05) is 24.7 Å². The smallest absolute Gasteiger partial charge is 0.130 e. The lowest BCUT2D eigenvalue weighted by Crippen LogP contribution is -2.44. The maximum atomic E-state index is 5.61. The van der Waals surface area contributed by atoms with Crippen molar-refractivity contribution in [3.8, 4) is 22.5 Å². The summed E-state index contributed by atoms with van der Waals surface area (Å²) in [4.78, 5) is 11.9. The molecule has 8 heteroatoms. The fraction of sp³-hybridized carbons (Fsp3) is 0.300. The van der Waals surface area contributed by atoms with Crippen LogP contribution < -0.4 is 4.90 Å². The summed E-state index contributed by atoms with van der Waals surface area (Å²) in [6, 6.07) is 6.33. The van der Waals surface area contributed by atoms with E-state index in [4.69, 9.17) is 9.72 Å². The number of fused-ring (bicyclic) bond motifs is 1. The highest BCUT2D eigenvalue weighted by Crippen LogP contribution is 2.35. The van der Waals surface area contributed by atoms with Gasteiger partial charge in [-0.25, -0.2) is 4.98 Å². The summed E-state index contributed by atoms with van der Waals surface area (Å²) in [6.45, 7) is 4.37. The summed E-state index contributed by atoms with van der Waals surface area (Å²) in [5, 5.41) is 12.5. The van der Waals surface area contributed by atoms with E-state index in [1.54, 1.807) is 6.20 Å². The van der Waals surface area contributed by atoms with E-state index in [0.29, 0.717) is 13.2 Å². The number of ether oxygens (including phenoxy) is 1. The summed E-state index contributed by atoms with van der Waals surface area (Å²) in [5.41, 5.74) is 4.64. The molecule has 0 amide bonds. The van der Waals surface area contributed by atoms with Crippen LogP contribution in [0.2, 0.25) is 0 Å². The lowest BCUT2D eigenvalue weighted by Gasteiger charge is -2.34. The molecule has 1 saturated heterocycles. The zero-order valence-electron chi connectivity index (χ0n) is 15.8. The van der Waals surface area contributed by atoms with Crippen LogP contribution in [0.5, 0.6) is 0 Å². The van der Waals surface area contributed by atoms with E-state index < -0.39 is 0 Å². The van der Waals surface area contributed by atoms with Crippen LogP contribution in [0.3, 0.4) is 0 Å². The number of nitrogens with zero attached hydrogens (tertiary/aromatic N) is 6. The van der Waals surface area contributed by atoms with Crippen LogP contribution in [0.4, 0.5) is 5.82 Å². The first-order valence-corrected chi connectivity index (χ1v) is 9.33. The minimum Gasteiger partial charge on any atom is -0.377 e. The van der Waals surface area contributed by atoms with Crippen LogP contribution >= 0.6 is 0 Å². The van der Waals surface area contributed by atoms with Crippen molar-refractivity contribution in [3.05, 3.63) is 43.0 Å². The van der Waals surface area contributed by atoms with Gasteiger partial charge in [-0.05, 0) is 30.7 Å². The molecule has 1 aliphatic rings. The van der Waals surface area contributed by atoms with Gasteiger partial charge in [-0.3, -0.25) is 14.8 Å². The van der Waals surface area contributed by atoms with Crippen molar-refractivity contribution >= 4 is 16.7 Å². The maximum Gasteiger partial charge on any atom is 0.130 e. The summed E-state index contributed by atoms with van der Waals surface area (Å²) in [6.07, 6.45) is 7.46. The molecule has 28 heavy (non-hydrogen) atoms. The van der Waals surface area contributed by atoms with Gasteiger partial charge in [0, 0.05) is 43.1 Å². The molecule has 1 aliphatic heterocycles. The van der Waals surface area contributed by atoms with E-state index in [9.17, 15) is 0 Å². The second kappa shape index (κ2) is 6.72. The number of anilines is 1. The highest BCUT2D eigenvalue weighted by atomic mass is 16.5. The first kappa shape index (κ1) is 16.9. The van der Waals surface area contributed by atoms with Gasteiger partial charge in [-0.15, -0.1) is 0 Å². The predicted molar refractivity (Wildman–Crippen MR) is 107 cm³/mol. The molecule has 5 heterocycles. The highest BCUT2D eigenvalue weighted by molar-refractivity contribution is 6.01. The van der Waals surface area contributed by atoms with Crippen molar-refractivity contribution in [1.29, 1.82) is 0 Å². The van der Waals surface area contributed by atoms with E-state index >= 15 is 0 Å². The van der Waals surface area contributed by atoms with E-state index in [-0.39, 0.29) is 6.04 Å². The molecular formula is C20H21N7O. The molecule has 0 bridgehead atoms. The third-order valence-electron chi connectivity index (χ3n) is 5.15. The van der Waals surface area contributed by atoms with E-state index in [1.807, 2.05) is 42.5 Å². The van der Waals surface area contributed by atoms with Gasteiger partial charge in [-0.2, -0.15) is 10.2 Å². The Morgan fingerprint density at radius 3 is 2.93 bits per heavy atom. The fourth-order valence-electron chi connectivity index (χ4n) is 3.74. The molecular weight excluding hydrogens is 354 g/mol. The van der Waals surface area contributed by atoms with Crippen LogP contribution in [0.1, 0.15) is 6.92 Å². The second-order valence-corrected chi connectivity index (χ2v) is 7.07. The van der Waals surface area contributed by atoms with Crippen LogP contribution in [0.15, 0.2) is 43.0 Å². The Labute approximate surface area is 162 Å². The van der Waals surface area contributed by atoms with Crippen molar-refractivity contribution in [2.45, 2.75) is 13.0 Å². The Morgan fingerprint density at radius 2 is 2.18 bits per heavy atom.